The van der Waals surface area contributed by atoms with Crippen LogP contribution in [0.3, 0.4) is 0 Å². The number of fused-ring (bicyclic) bond motifs is 5. The number of ether oxygens (including phenoxy) is 1. The average Bonchev–Trinajstić information content (AvgIpc) is 3.48. The monoisotopic (exact) mass is 446 g/mol. The van der Waals surface area contributed by atoms with Gasteiger partial charge in [-0.05, 0) is 80.8 Å². The van der Waals surface area contributed by atoms with Gasteiger partial charge in [0.25, 0.3) is 5.91 Å². The molecule has 170 valence electrons. The molecule has 2 bridgehead atoms. The van der Waals surface area contributed by atoms with Crippen LogP contribution < -0.4 is 10.2 Å². The summed E-state index contributed by atoms with van der Waals surface area (Å²) >= 11 is 0. The first kappa shape index (κ1) is 21.4. The predicted molar refractivity (Wildman–Crippen MR) is 122 cm³/mol. The summed E-state index contributed by atoms with van der Waals surface area (Å²) in [6, 6.07) is 11.9. The number of imide groups is 1. The molecule has 0 aromatic heterocycles. The number of rotatable bonds is 5. The maximum Gasteiger partial charge on any atom is 0.338 e. The van der Waals surface area contributed by atoms with E-state index in [1.165, 1.54) is 17.0 Å². The van der Waals surface area contributed by atoms with E-state index in [1.807, 2.05) is 32.0 Å². The number of anilines is 2. The molecule has 1 heterocycles. The lowest BCUT2D eigenvalue weighted by atomic mass is 9.81. The number of benzene rings is 2. The topological polar surface area (TPSA) is 92.8 Å². The molecule has 3 amide bonds. The van der Waals surface area contributed by atoms with Crippen molar-refractivity contribution in [2.45, 2.75) is 33.1 Å². The van der Waals surface area contributed by atoms with Crippen LogP contribution in [0, 0.1) is 37.5 Å². The fourth-order valence-electron chi connectivity index (χ4n) is 5.76. The summed E-state index contributed by atoms with van der Waals surface area (Å²) in [5, 5.41) is 2.73. The summed E-state index contributed by atoms with van der Waals surface area (Å²) in [6.45, 7) is 3.45. The highest BCUT2D eigenvalue weighted by Crippen LogP contribution is 2.56. The number of carbonyl (C=O) groups is 4. The second kappa shape index (κ2) is 8.14. The SMILES string of the molecule is Cc1ccc(NC(=O)COC(=O)c2ccc(N3C(=O)[C@@H]4[C@H]5CC[C@@H](C5)[C@H]4C3=O)cc2)c(C)c1. The third-order valence-electron chi connectivity index (χ3n) is 7.28. The largest absolute Gasteiger partial charge is 0.452 e. The molecular formula is C26H26N2O5. The zero-order chi connectivity index (χ0) is 23.3. The first-order valence-electron chi connectivity index (χ1n) is 11.4. The first-order valence-corrected chi connectivity index (χ1v) is 11.4. The Kier molecular flexibility index (Phi) is 5.27. The molecule has 7 heteroatoms. The van der Waals surface area contributed by atoms with E-state index in [4.69, 9.17) is 4.74 Å². The lowest BCUT2D eigenvalue weighted by molar-refractivity contribution is -0.123. The molecule has 4 atom stereocenters. The van der Waals surface area contributed by atoms with Crippen molar-refractivity contribution in [2.24, 2.45) is 23.7 Å². The molecule has 33 heavy (non-hydrogen) atoms. The second-order valence-electron chi connectivity index (χ2n) is 9.39. The lowest BCUT2D eigenvalue weighted by Gasteiger charge is -2.19. The Morgan fingerprint density at radius 2 is 1.61 bits per heavy atom. The number of carbonyl (C=O) groups excluding carboxylic acids is 4. The molecule has 1 aliphatic heterocycles. The normalized spacial score (nSPS) is 25.3. The average molecular weight is 447 g/mol. The molecule has 5 rings (SSSR count). The summed E-state index contributed by atoms with van der Waals surface area (Å²) in [7, 11) is 0. The van der Waals surface area contributed by atoms with Gasteiger partial charge in [0.2, 0.25) is 11.8 Å². The number of esters is 1. The maximum atomic E-state index is 12.9. The molecule has 2 aliphatic carbocycles. The molecule has 3 fully saturated rings. The van der Waals surface area contributed by atoms with Gasteiger partial charge < -0.3 is 10.1 Å². The minimum absolute atomic E-state index is 0.115. The number of hydrogen-bond acceptors (Lipinski definition) is 5. The number of nitrogens with zero attached hydrogens (tertiary/aromatic N) is 1. The molecule has 0 unspecified atom stereocenters. The van der Waals surface area contributed by atoms with Crippen molar-refractivity contribution in [3.05, 3.63) is 59.2 Å². The summed E-state index contributed by atoms with van der Waals surface area (Å²) in [5.41, 5.74) is 3.41. The van der Waals surface area contributed by atoms with Crippen LogP contribution in [0.2, 0.25) is 0 Å². The van der Waals surface area contributed by atoms with E-state index in [9.17, 15) is 19.2 Å². The van der Waals surface area contributed by atoms with Crippen molar-refractivity contribution >= 4 is 35.1 Å². The Morgan fingerprint density at radius 3 is 2.21 bits per heavy atom. The molecule has 1 saturated heterocycles. The molecule has 3 aliphatic rings. The van der Waals surface area contributed by atoms with Gasteiger partial charge in [0.1, 0.15) is 0 Å². The zero-order valence-corrected chi connectivity index (χ0v) is 18.7. The van der Waals surface area contributed by atoms with Crippen molar-refractivity contribution in [1.82, 2.24) is 0 Å². The van der Waals surface area contributed by atoms with E-state index in [0.717, 1.165) is 30.4 Å². The van der Waals surface area contributed by atoms with Crippen LogP contribution in [-0.4, -0.2) is 30.3 Å². The van der Waals surface area contributed by atoms with E-state index in [1.54, 1.807) is 12.1 Å². The van der Waals surface area contributed by atoms with Crippen LogP contribution in [0.4, 0.5) is 11.4 Å². The minimum Gasteiger partial charge on any atom is -0.452 e. The van der Waals surface area contributed by atoms with Gasteiger partial charge in [-0.15, -0.1) is 0 Å². The fourth-order valence-corrected chi connectivity index (χ4v) is 5.76. The number of hydrogen-bond donors (Lipinski definition) is 1. The van der Waals surface area contributed by atoms with Crippen molar-refractivity contribution in [1.29, 1.82) is 0 Å². The van der Waals surface area contributed by atoms with Gasteiger partial charge in [-0.25, -0.2) is 4.79 Å². The first-order chi connectivity index (χ1) is 15.8. The van der Waals surface area contributed by atoms with Gasteiger partial charge in [0.15, 0.2) is 6.61 Å². The summed E-state index contributed by atoms with van der Waals surface area (Å²) in [5.74, 6) is -1.02. The van der Waals surface area contributed by atoms with Crippen molar-refractivity contribution in [2.75, 3.05) is 16.8 Å². The number of nitrogens with one attached hydrogen (secondary N) is 1. The van der Waals surface area contributed by atoms with Crippen LogP contribution in [0.15, 0.2) is 42.5 Å². The fraction of sp³-hybridized carbons (Fsp3) is 0.385. The van der Waals surface area contributed by atoms with Crippen LogP contribution in [0.1, 0.15) is 40.7 Å². The summed E-state index contributed by atoms with van der Waals surface area (Å²) in [6.07, 6.45) is 3.05. The van der Waals surface area contributed by atoms with E-state index in [-0.39, 0.29) is 29.2 Å². The van der Waals surface area contributed by atoms with Crippen LogP contribution in [0.5, 0.6) is 0 Å². The molecule has 2 saturated carbocycles. The van der Waals surface area contributed by atoms with Crippen molar-refractivity contribution in [3.8, 4) is 0 Å². The molecule has 7 nitrogen and oxygen atoms in total. The molecule has 0 radical (unpaired) electrons. The third kappa shape index (κ3) is 3.71. The van der Waals surface area contributed by atoms with Gasteiger partial charge in [-0.2, -0.15) is 0 Å². The quantitative estimate of drug-likeness (QED) is 0.559. The van der Waals surface area contributed by atoms with E-state index < -0.39 is 18.5 Å². The summed E-state index contributed by atoms with van der Waals surface area (Å²) in [4.78, 5) is 51.7. The highest BCUT2D eigenvalue weighted by molar-refractivity contribution is 6.22. The van der Waals surface area contributed by atoms with Crippen LogP contribution >= 0.6 is 0 Å². The lowest BCUT2D eigenvalue weighted by Crippen LogP contribution is -2.32. The molecule has 2 aromatic rings. The molecule has 0 spiro atoms. The van der Waals surface area contributed by atoms with E-state index in [2.05, 4.69) is 5.32 Å². The molecular weight excluding hydrogens is 420 g/mol. The number of aryl methyl sites for hydroxylation is 2. The zero-order valence-electron chi connectivity index (χ0n) is 18.7. The Morgan fingerprint density at radius 1 is 0.970 bits per heavy atom. The summed E-state index contributed by atoms with van der Waals surface area (Å²) < 4.78 is 5.13. The Bertz CT molecular complexity index is 1130. The highest BCUT2D eigenvalue weighted by atomic mass is 16.5. The minimum atomic E-state index is -0.647. The van der Waals surface area contributed by atoms with Gasteiger partial charge in [0.05, 0.1) is 23.1 Å². The van der Waals surface area contributed by atoms with Gasteiger partial charge in [0, 0.05) is 5.69 Å². The Labute approximate surface area is 192 Å². The van der Waals surface area contributed by atoms with Crippen LogP contribution in [-0.2, 0) is 19.1 Å². The Hall–Kier alpha value is -3.48. The van der Waals surface area contributed by atoms with Crippen molar-refractivity contribution in [3.63, 3.8) is 0 Å². The molecule has 2 aromatic carbocycles. The second-order valence-corrected chi connectivity index (χ2v) is 9.39. The number of amides is 3. The molecule has 1 N–H and O–H groups in total. The standard InChI is InChI=1S/C26H26N2O5/c1-14-3-10-20(15(2)11-14)27-21(29)13-33-26(32)16-6-8-19(9-7-16)28-24(30)22-17-4-5-18(12-17)23(22)25(28)31/h3,6-11,17-18,22-23H,4-5,12-13H2,1-2H3,(H,27,29)/t17-,18-,22+,23+/m0/s1. The van der Waals surface area contributed by atoms with E-state index in [0.29, 0.717) is 23.2 Å². The van der Waals surface area contributed by atoms with Gasteiger partial charge in [-0.1, -0.05) is 17.7 Å². The maximum absolute atomic E-state index is 12.9. The predicted octanol–water partition coefficient (Wildman–Crippen LogP) is 3.63. The highest BCUT2D eigenvalue weighted by Gasteiger charge is 2.61. The van der Waals surface area contributed by atoms with Crippen molar-refractivity contribution < 1.29 is 23.9 Å². The third-order valence-corrected chi connectivity index (χ3v) is 7.28. The smallest absolute Gasteiger partial charge is 0.338 e. The van der Waals surface area contributed by atoms with Gasteiger partial charge in [-0.3, -0.25) is 19.3 Å². The Balaban J connectivity index is 1.20. The van der Waals surface area contributed by atoms with Gasteiger partial charge >= 0.3 is 5.97 Å². The van der Waals surface area contributed by atoms with E-state index >= 15 is 0 Å². The van der Waals surface area contributed by atoms with Crippen LogP contribution in [0.25, 0.3) is 0 Å².